The number of ether oxygens (including phenoxy) is 8. The number of halogens is 4. The second-order valence-corrected chi connectivity index (χ2v) is 11.8. The molecule has 0 aliphatic carbocycles. The van der Waals surface area contributed by atoms with Crippen molar-refractivity contribution in [1.82, 2.24) is 0 Å². The molecule has 12 nitrogen and oxygen atoms in total. The third-order valence-corrected chi connectivity index (χ3v) is 2.92. The standard InChI is InChI=1S/C16H24O12.4ClH.2Nb/c17-13-14(18)27-11-7-23-3-4-24-8-12-28-16(20)15(19)26-10-6-22-2-1-21-5-9-25-13;;;;;;/h1-12H2;4*1H;;/q;;;;;2*+2/p-4. The summed E-state index contributed by atoms with van der Waals surface area (Å²) in [6.07, 6.45) is 0. The first kappa shape index (κ1) is 36.5. The van der Waals surface area contributed by atoms with E-state index in [1.54, 1.807) is 0 Å². The van der Waals surface area contributed by atoms with Crippen LogP contribution in [0, 0.1) is 0 Å². The van der Waals surface area contributed by atoms with Gasteiger partial charge in [0.1, 0.15) is 26.4 Å². The van der Waals surface area contributed by atoms with Gasteiger partial charge in [-0.2, -0.15) is 0 Å². The maximum absolute atomic E-state index is 11.4. The Bertz CT molecular complexity index is 458. The van der Waals surface area contributed by atoms with E-state index in [4.69, 9.17) is 55.7 Å². The van der Waals surface area contributed by atoms with Crippen LogP contribution in [0.2, 0.25) is 0 Å². The molecule has 198 valence electrons. The van der Waals surface area contributed by atoms with Crippen LogP contribution in [0.25, 0.3) is 0 Å². The van der Waals surface area contributed by atoms with E-state index >= 15 is 0 Å². The quantitative estimate of drug-likeness (QED) is 0.152. The van der Waals surface area contributed by atoms with E-state index in [-0.39, 0.29) is 79.3 Å². The summed E-state index contributed by atoms with van der Waals surface area (Å²) in [5.74, 6) is -4.47. The van der Waals surface area contributed by atoms with Gasteiger partial charge in [-0.15, -0.1) is 0 Å². The van der Waals surface area contributed by atoms with Crippen LogP contribution in [-0.4, -0.2) is 103 Å². The van der Waals surface area contributed by atoms with Crippen LogP contribution >= 0.6 is 36.8 Å². The Labute approximate surface area is 230 Å². The molecule has 1 heterocycles. The topological polar surface area (TPSA) is 142 Å². The normalized spacial score (nSPS) is 18.5. The molecule has 1 rings (SSSR count). The van der Waals surface area contributed by atoms with Crippen molar-refractivity contribution in [1.29, 1.82) is 0 Å². The molecule has 0 radical (unpaired) electrons. The molecule has 0 N–H and O–H groups in total. The van der Waals surface area contributed by atoms with Crippen molar-refractivity contribution in [2.75, 3.05) is 79.3 Å². The molecule has 1 saturated heterocycles. The number of hydrogen-bond acceptors (Lipinski definition) is 12. The predicted molar refractivity (Wildman–Crippen MR) is 111 cm³/mol. The Balaban J connectivity index is 0. The first-order valence-electron chi connectivity index (χ1n) is 9.27. The van der Waals surface area contributed by atoms with Gasteiger partial charge in [-0.05, 0) is 0 Å². The summed E-state index contributed by atoms with van der Waals surface area (Å²) in [6.45, 7) is 0.512. The molecule has 0 unspecified atom stereocenters. The van der Waals surface area contributed by atoms with Crippen LogP contribution in [0.4, 0.5) is 0 Å². The molecular weight excluding hydrogens is 712 g/mol. The van der Waals surface area contributed by atoms with Crippen LogP contribution in [0.1, 0.15) is 0 Å². The molecular formula is C16H24Cl4Nb2O12. The Morgan fingerprint density at radius 1 is 0.382 bits per heavy atom. The van der Waals surface area contributed by atoms with E-state index < -0.39 is 59.1 Å². The van der Waals surface area contributed by atoms with Gasteiger partial charge in [0.2, 0.25) is 0 Å². The van der Waals surface area contributed by atoms with Gasteiger partial charge in [0.25, 0.3) is 0 Å². The van der Waals surface area contributed by atoms with Crippen LogP contribution in [0.15, 0.2) is 0 Å². The van der Waals surface area contributed by atoms with E-state index in [1.807, 2.05) is 0 Å². The fraction of sp³-hybridized carbons (Fsp3) is 0.750. The molecule has 0 amide bonds. The van der Waals surface area contributed by atoms with Crippen LogP contribution in [0.3, 0.4) is 0 Å². The van der Waals surface area contributed by atoms with Crippen LogP contribution < -0.4 is 0 Å². The number of carbonyl (C=O) groups excluding carboxylic acids is 4. The van der Waals surface area contributed by atoms with E-state index in [9.17, 15) is 19.2 Å². The molecule has 0 aromatic rings. The molecule has 18 heteroatoms. The van der Waals surface area contributed by atoms with Crippen molar-refractivity contribution in [3.63, 3.8) is 0 Å². The number of carbonyl (C=O) groups is 4. The zero-order chi connectivity index (χ0) is 25.9. The SMILES string of the molecule is O=C1OCCOCCOCCOC(=O)C(=O)OCCOCCOCCOC1=O.[Cl][Nb][Cl].[Cl][Nb][Cl]. The van der Waals surface area contributed by atoms with Gasteiger partial charge < -0.3 is 37.9 Å². The molecule has 1 aliphatic heterocycles. The molecule has 1 fully saturated rings. The average molecular weight is 736 g/mol. The van der Waals surface area contributed by atoms with Gasteiger partial charge in [-0.1, -0.05) is 0 Å². The van der Waals surface area contributed by atoms with Gasteiger partial charge in [-0.25, -0.2) is 19.2 Å². The Morgan fingerprint density at radius 2 is 0.529 bits per heavy atom. The van der Waals surface area contributed by atoms with Crippen LogP contribution in [-0.2, 0) is 92.3 Å². The van der Waals surface area contributed by atoms with Crippen molar-refractivity contribution in [2.45, 2.75) is 0 Å². The number of hydrogen-bond donors (Lipinski definition) is 0. The molecule has 0 spiro atoms. The number of rotatable bonds is 0. The van der Waals surface area contributed by atoms with Crippen molar-refractivity contribution >= 4 is 60.6 Å². The zero-order valence-corrected chi connectivity index (χ0v) is 25.2. The first-order valence-corrected chi connectivity index (χ1v) is 20.6. The third-order valence-electron chi connectivity index (χ3n) is 2.92. The zero-order valence-electron chi connectivity index (χ0n) is 17.8. The Hall–Kier alpha value is 0.361. The average Bonchev–Trinajstić information content (AvgIpc) is 2.81. The van der Waals surface area contributed by atoms with Gasteiger partial charge in [0.15, 0.2) is 0 Å². The molecule has 1 aliphatic rings. The summed E-state index contributed by atoms with van der Waals surface area (Å²) in [7, 11) is 19.7. The summed E-state index contributed by atoms with van der Waals surface area (Å²) in [5, 5.41) is 0. The van der Waals surface area contributed by atoms with Crippen molar-refractivity contribution in [3.8, 4) is 0 Å². The predicted octanol–water partition coefficient (Wildman–Crippen LogP) is 0.992. The maximum atomic E-state index is 11.4. The summed E-state index contributed by atoms with van der Waals surface area (Å²) in [6, 6.07) is 0. The van der Waals surface area contributed by atoms with Crippen LogP contribution in [0.5, 0.6) is 0 Å². The minimum absolute atomic E-state index is 0.0618. The van der Waals surface area contributed by atoms with Gasteiger partial charge in [-0.3, -0.25) is 0 Å². The van der Waals surface area contributed by atoms with Crippen molar-refractivity contribution in [2.24, 2.45) is 0 Å². The second-order valence-electron chi connectivity index (χ2n) is 5.12. The molecule has 0 saturated carbocycles. The summed E-state index contributed by atoms with van der Waals surface area (Å²) < 4.78 is 39.2. The monoisotopic (exact) mass is 734 g/mol. The summed E-state index contributed by atoms with van der Waals surface area (Å²) in [5.41, 5.74) is 0. The third kappa shape index (κ3) is 27.0. The van der Waals surface area contributed by atoms with E-state index in [0.717, 1.165) is 0 Å². The van der Waals surface area contributed by atoms with E-state index in [0.29, 0.717) is 0 Å². The number of esters is 4. The Morgan fingerprint density at radius 3 is 0.706 bits per heavy atom. The minimum atomic E-state index is -1.12. The fourth-order valence-electron chi connectivity index (χ4n) is 1.65. The summed E-state index contributed by atoms with van der Waals surface area (Å²) >= 11 is -1.41. The van der Waals surface area contributed by atoms with Gasteiger partial charge in [0, 0.05) is 0 Å². The van der Waals surface area contributed by atoms with Crippen molar-refractivity contribution < 1.29 is 92.3 Å². The summed E-state index contributed by atoms with van der Waals surface area (Å²) in [4.78, 5) is 45.4. The van der Waals surface area contributed by atoms with Gasteiger partial charge in [0.05, 0.1) is 52.9 Å². The molecule has 0 aromatic carbocycles. The second kappa shape index (κ2) is 29.6. The molecule has 0 bridgehead atoms. The molecule has 0 aromatic heterocycles. The van der Waals surface area contributed by atoms with E-state index in [1.165, 1.54) is 0 Å². The number of cyclic esters (lactones) is 4. The fourth-order valence-corrected chi connectivity index (χ4v) is 1.65. The van der Waals surface area contributed by atoms with Crippen molar-refractivity contribution in [3.05, 3.63) is 0 Å². The molecule has 34 heavy (non-hydrogen) atoms. The van der Waals surface area contributed by atoms with Gasteiger partial charge >= 0.3 is 95.8 Å². The Kier molecular flexibility index (Phi) is 31.8. The first-order chi connectivity index (χ1) is 16.4. The molecule has 0 atom stereocenters. The van der Waals surface area contributed by atoms with E-state index in [2.05, 4.69) is 18.9 Å².